The van der Waals surface area contributed by atoms with Crippen molar-refractivity contribution in [3.63, 3.8) is 0 Å². The largest absolute Gasteiger partial charge is 0.484 e. The van der Waals surface area contributed by atoms with Crippen LogP contribution in [-0.4, -0.2) is 68.1 Å². The second-order valence-corrected chi connectivity index (χ2v) is 5.78. The minimum Gasteiger partial charge on any atom is -0.484 e. The lowest BCUT2D eigenvalue weighted by molar-refractivity contribution is -0.130. The Balaban J connectivity index is 1.61. The predicted molar refractivity (Wildman–Crippen MR) is 87.2 cm³/mol. The molecule has 2 rings (SSSR count). The highest BCUT2D eigenvalue weighted by molar-refractivity contribution is 6.30. The normalized spacial score (nSPS) is 15.9. The molecule has 0 aromatic heterocycles. The van der Waals surface area contributed by atoms with Gasteiger partial charge in [-0.25, -0.2) is 5.01 Å². The third-order valence-electron chi connectivity index (χ3n) is 3.42. The summed E-state index contributed by atoms with van der Waals surface area (Å²) in [5, 5.41) is 4.98. The molecule has 0 saturated carbocycles. The lowest BCUT2D eigenvalue weighted by atomic mass is 10.3. The third-order valence-corrected chi connectivity index (χ3v) is 3.67. The SMILES string of the molecule is CN1CCN(NC(=O)CNC(=O)COc2ccc(Cl)cc2)CC1. The van der Waals surface area contributed by atoms with Gasteiger partial charge in [-0.1, -0.05) is 11.6 Å². The quantitative estimate of drug-likeness (QED) is 0.769. The van der Waals surface area contributed by atoms with Crippen molar-refractivity contribution in [3.8, 4) is 5.75 Å². The summed E-state index contributed by atoms with van der Waals surface area (Å²) in [6.07, 6.45) is 0. The molecule has 0 atom stereocenters. The highest BCUT2D eigenvalue weighted by atomic mass is 35.5. The molecule has 8 heteroatoms. The van der Waals surface area contributed by atoms with E-state index in [4.69, 9.17) is 16.3 Å². The number of hydrogen-bond donors (Lipinski definition) is 2. The predicted octanol–water partition coefficient (Wildman–Crippen LogP) is 0.114. The molecule has 1 aliphatic rings. The lowest BCUT2D eigenvalue weighted by Gasteiger charge is -2.32. The zero-order valence-corrected chi connectivity index (χ0v) is 13.8. The summed E-state index contributed by atoms with van der Waals surface area (Å²) in [7, 11) is 2.04. The van der Waals surface area contributed by atoms with Gasteiger partial charge in [0.05, 0.1) is 6.54 Å². The maximum absolute atomic E-state index is 11.8. The number of carbonyl (C=O) groups excluding carboxylic acids is 2. The molecule has 1 heterocycles. The average molecular weight is 341 g/mol. The summed E-state index contributed by atoms with van der Waals surface area (Å²) in [6, 6.07) is 6.71. The van der Waals surface area contributed by atoms with Gasteiger partial charge in [0, 0.05) is 31.2 Å². The molecule has 0 unspecified atom stereocenters. The van der Waals surface area contributed by atoms with E-state index in [9.17, 15) is 9.59 Å². The van der Waals surface area contributed by atoms with Gasteiger partial charge in [-0.2, -0.15) is 0 Å². The first-order valence-corrected chi connectivity index (χ1v) is 7.79. The highest BCUT2D eigenvalue weighted by Crippen LogP contribution is 2.15. The average Bonchev–Trinajstić information content (AvgIpc) is 2.54. The molecule has 0 radical (unpaired) electrons. The van der Waals surface area contributed by atoms with Crippen molar-refractivity contribution in [2.75, 3.05) is 46.4 Å². The first-order chi connectivity index (χ1) is 11.0. The van der Waals surface area contributed by atoms with Crippen LogP contribution in [-0.2, 0) is 9.59 Å². The Bertz CT molecular complexity index is 530. The van der Waals surface area contributed by atoms with Crippen molar-refractivity contribution in [3.05, 3.63) is 29.3 Å². The van der Waals surface area contributed by atoms with Crippen molar-refractivity contribution in [1.82, 2.24) is 20.7 Å². The van der Waals surface area contributed by atoms with Gasteiger partial charge in [0.1, 0.15) is 5.75 Å². The first kappa shape index (κ1) is 17.5. The van der Waals surface area contributed by atoms with Crippen LogP contribution in [0.1, 0.15) is 0 Å². The van der Waals surface area contributed by atoms with E-state index in [1.54, 1.807) is 24.3 Å². The van der Waals surface area contributed by atoms with Gasteiger partial charge in [-0.3, -0.25) is 15.0 Å². The summed E-state index contributed by atoms with van der Waals surface area (Å²) >= 11 is 5.76. The fraction of sp³-hybridized carbons (Fsp3) is 0.467. The minimum atomic E-state index is -0.353. The number of nitrogens with one attached hydrogen (secondary N) is 2. The molecule has 2 N–H and O–H groups in total. The van der Waals surface area contributed by atoms with Crippen LogP contribution >= 0.6 is 11.6 Å². The van der Waals surface area contributed by atoms with E-state index >= 15 is 0 Å². The van der Waals surface area contributed by atoms with Crippen LogP contribution < -0.4 is 15.5 Å². The second-order valence-electron chi connectivity index (χ2n) is 5.34. The van der Waals surface area contributed by atoms with Crippen molar-refractivity contribution in [2.45, 2.75) is 0 Å². The topological polar surface area (TPSA) is 73.9 Å². The fourth-order valence-corrected chi connectivity index (χ4v) is 2.17. The number of piperazine rings is 1. The molecule has 1 fully saturated rings. The van der Waals surface area contributed by atoms with Crippen molar-refractivity contribution >= 4 is 23.4 Å². The zero-order valence-electron chi connectivity index (χ0n) is 13.0. The van der Waals surface area contributed by atoms with Gasteiger partial charge in [0.2, 0.25) is 0 Å². The summed E-state index contributed by atoms with van der Waals surface area (Å²) in [4.78, 5) is 25.6. The summed E-state index contributed by atoms with van der Waals surface area (Å²) in [6.45, 7) is 3.13. The number of likely N-dealkylation sites (N-methyl/N-ethyl adjacent to an activating group) is 1. The fourth-order valence-electron chi connectivity index (χ4n) is 2.04. The van der Waals surface area contributed by atoms with Crippen LogP contribution in [0.3, 0.4) is 0 Å². The van der Waals surface area contributed by atoms with Gasteiger partial charge in [-0.15, -0.1) is 0 Å². The lowest BCUT2D eigenvalue weighted by Crippen LogP contribution is -2.54. The summed E-state index contributed by atoms with van der Waals surface area (Å²) in [5.74, 6) is -0.0469. The molecule has 1 aromatic rings. The second kappa shape index (κ2) is 8.71. The van der Waals surface area contributed by atoms with Gasteiger partial charge in [-0.05, 0) is 31.3 Å². The van der Waals surface area contributed by atoms with Crippen LogP contribution in [0.15, 0.2) is 24.3 Å². The Hall–Kier alpha value is -1.83. The number of rotatable bonds is 6. The molecule has 1 saturated heterocycles. The first-order valence-electron chi connectivity index (χ1n) is 7.41. The van der Waals surface area contributed by atoms with Gasteiger partial charge in [0.25, 0.3) is 11.8 Å². The molecule has 23 heavy (non-hydrogen) atoms. The van der Waals surface area contributed by atoms with Gasteiger partial charge in [0.15, 0.2) is 6.61 Å². The number of nitrogens with zero attached hydrogens (tertiary/aromatic N) is 2. The maximum atomic E-state index is 11.8. The Morgan fingerprint density at radius 1 is 1.13 bits per heavy atom. The number of carbonyl (C=O) groups is 2. The number of benzene rings is 1. The number of halogens is 1. The summed E-state index contributed by atoms with van der Waals surface area (Å²) in [5.41, 5.74) is 2.77. The van der Waals surface area contributed by atoms with Crippen molar-refractivity contribution < 1.29 is 14.3 Å². The number of hydrogen-bond acceptors (Lipinski definition) is 5. The molecule has 126 valence electrons. The zero-order chi connectivity index (χ0) is 16.7. The van der Waals surface area contributed by atoms with E-state index < -0.39 is 0 Å². The van der Waals surface area contributed by atoms with E-state index in [0.29, 0.717) is 10.8 Å². The molecule has 1 aromatic carbocycles. The van der Waals surface area contributed by atoms with Crippen LogP contribution in [0.25, 0.3) is 0 Å². The molecular formula is C15H21ClN4O3. The molecule has 0 spiro atoms. The van der Waals surface area contributed by atoms with Crippen molar-refractivity contribution in [2.24, 2.45) is 0 Å². The number of ether oxygens (including phenoxy) is 1. The molecule has 0 bridgehead atoms. The molecule has 7 nitrogen and oxygen atoms in total. The van der Waals surface area contributed by atoms with E-state index in [0.717, 1.165) is 26.2 Å². The van der Waals surface area contributed by atoms with Crippen LogP contribution in [0.5, 0.6) is 5.75 Å². The van der Waals surface area contributed by atoms with E-state index in [1.165, 1.54) is 0 Å². The standard InChI is InChI=1S/C15H21ClN4O3/c1-19-6-8-20(9-7-19)18-14(21)10-17-15(22)11-23-13-4-2-12(16)3-5-13/h2-5H,6-11H2,1H3,(H,17,22)(H,18,21). The Labute approximate surface area is 140 Å². The molecule has 0 aliphatic carbocycles. The van der Waals surface area contributed by atoms with Crippen molar-refractivity contribution in [1.29, 1.82) is 0 Å². The van der Waals surface area contributed by atoms with E-state index in [-0.39, 0.29) is 25.0 Å². The molecule has 2 amide bonds. The van der Waals surface area contributed by atoms with Crippen LogP contribution in [0.2, 0.25) is 5.02 Å². The smallest absolute Gasteiger partial charge is 0.258 e. The van der Waals surface area contributed by atoms with Gasteiger partial charge < -0.3 is 15.0 Å². The Morgan fingerprint density at radius 2 is 1.78 bits per heavy atom. The summed E-state index contributed by atoms with van der Waals surface area (Å²) < 4.78 is 5.30. The van der Waals surface area contributed by atoms with E-state index in [2.05, 4.69) is 15.6 Å². The van der Waals surface area contributed by atoms with Crippen LogP contribution in [0.4, 0.5) is 0 Å². The minimum absolute atomic E-state index is 0.0743. The Kier molecular flexibility index (Phi) is 6.64. The molecular weight excluding hydrogens is 320 g/mol. The van der Waals surface area contributed by atoms with Gasteiger partial charge >= 0.3 is 0 Å². The highest BCUT2D eigenvalue weighted by Gasteiger charge is 2.15. The number of hydrazine groups is 1. The van der Waals surface area contributed by atoms with Crippen LogP contribution in [0, 0.1) is 0 Å². The number of amides is 2. The Morgan fingerprint density at radius 3 is 2.43 bits per heavy atom. The third kappa shape index (κ3) is 6.43. The maximum Gasteiger partial charge on any atom is 0.258 e. The molecule has 1 aliphatic heterocycles. The van der Waals surface area contributed by atoms with E-state index in [1.807, 2.05) is 12.1 Å². The monoisotopic (exact) mass is 340 g/mol.